The fourth-order valence-electron chi connectivity index (χ4n) is 1.58. The number of nitrogens with zero attached hydrogens (tertiary/aromatic N) is 1. The molecule has 0 saturated carbocycles. The first kappa shape index (κ1) is 12.4. The van der Waals surface area contributed by atoms with Gasteiger partial charge in [-0.15, -0.1) is 0 Å². The Bertz CT molecular complexity index is 455. The van der Waals surface area contributed by atoms with Crippen LogP contribution in [0.4, 0.5) is 13.2 Å². The molecule has 2 nitrogen and oxygen atoms in total. The zero-order chi connectivity index (χ0) is 12.6. The minimum Gasteiger partial charge on any atom is -0.339 e. The zero-order valence-electron chi connectivity index (χ0n) is 8.72. The lowest BCUT2D eigenvalue weighted by molar-refractivity contribution is -0.137. The molecule has 1 aromatic carbocycles. The summed E-state index contributed by atoms with van der Waals surface area (Å²) in [4.78, 5) is 13.3. The van der Waals surface area contributed by atoms with Gasteiger partial charge in [0.15, 0.2) is 0 Å². The van der Waals surface area contributed by atoms with Crippen molar-refractivity contribution in [3.8, 4) is 0 Å². The molecule has 0 N–H and O–H groups in total. The fourth-order valence-corrected chi connectivity index (χ4v) is 2.07. The summed E-state index contributed by atoms with van der Waals surface area (Å²) in [6.45, 7) is 1.24. The molecule has 1 saturated heterocycles. The molecule has 1 heterocycles. The summed E-state index contributed by atoms with van der Waals surface area (Å²) in [5.41, 5.74) is -0.734. The van der Waals surface area contributed by atoms with Crippen LogP contribution in [0.15, 0.2) is 22.7 Å². The zero-order valence-corrected chi connectivity index (χ0v) is 10.3. The molecule has 1 amide bonds. The maximum atomic E-state index is 12.6. The van der Waals surface area contributed by atoms with E-state index < -0.39 is 11.7 Å². The van der Waals surface area contributed by atoms with Crippen LogP contribution in [0, 0.1) is 0 Å². The van der Waals surface area contributed by atoms with E-state index in [2.05, 4.69) is 15.9 Å². The van der Waals surface area contributed by atoms with Gasteiger partial charge in [-0.2, -0.15) is 13.2 Å². The summed E-state index contributed by atoms with van der Waals surface area (Å²) in [6.07, 6.45) is -3.53. The number of hydrogen-bond donors (Lipinski definition) is 0. The van der Waals surface area contributed by atoms with Crippen LogP contribution in [0.25, 0.3) is 0 Å². The summed E-state index contributed by atoms with van der Waals surface area (Å²) >= 11 is 2.99. The summed E-state index contributed by atoms with van der Waals surface area (Å²) in [5, 5.41) is 0. The van der Waals surface area contributed by atoms with Crippen molar-refractivity contribution in [2.24, 2.45) is 0 Å². The second-order valence-corrected chi connectivity index (χ2v) is 4.79. The van der Waals surface area contributed by atoms with Crippen molar-refractivity contribution in [3.63, 3.8) is 0 Å². The maximum Gasteiger partial charge on any atom is 0.416 e. The predicted molar refractivity (Wildman–Crippen MR) is 59.7 cm³/mol. The van der Waals surface area contributed by atoms with Gasteiger partial charge in [-0.25, -0.2) is 0 Å². The molecule has 1 aliphatic heterocycles. The Hall–Kier alpha value is -1.04. The van der Waals surface area contributed by atoms with E-state index in [9.17, 15) is 18.0 Å². The summed E-state index contributed by atoms with van der Waals surface area (Å²) < 4.78 is 37.9. The van der Waals surface area contributed by atoms with Crippen molar-refractivity contribution < 1.29 is 18.0 Å². The highest BCUT2D eigenvalue weighted by atomic mass is 79.9. The molecule has 0 spiro atoms. The summed E-state index contributed by atoms with van der Waals surface area (Å²) in [7, 11) is 0. The van der Waals surface area contributed by atoms with E-state index in [1.54, 1.807) is 0 Å². The Kier molecular flexibility index (Phi) is 3.16. The Morgan fingerprint density at radius 2 is 1.88 bits per heavy atom. The first-order valence-electron chi connectivity index (χ1n) is 5.05. The topological polar surface area (TPSA) is 20.3 Å². The fraction of sp³-hybridized carbons (Fsp3) is 0.364. The Labute approximate surface area is 105 Å². The van der Waals surface area contributed by atoms with Crippen LogP contribution in [0.1, 0.15) is 22.3 Å². The third-order valence-electron chi connectivity index (χ3n) is 2.62. The van der Waals surface area contributed by atoms with E-state index in [-0.39, 0.29) is 15.9 Å². The number of hydrogen-bond acceptors (Lipinski definition) is 1. The first-order chi connectivity index (χ1) is 7.88. The molecular weight excluding hydrogens is 299 g/mol. The molecule has 17 heavy (non-hydrogen) atoms. The van der Waals surface area contributed by atoms with E-state index in [0.29, 0.717) is 13.1 Å². The van der Waals surface area contributed by atoms with Crippen LogP contribution in [-0.4, -0.2) is 23.9 Å². The minimum atomic E-state index is -4.44. The molecule has 1 fully saturated rings. The van der Waals surface area contributed by atoms with Crippen LogP contribution < -0.4 is 0 Å². The van der Waals surface area contributed by atoms with Gasteiger partial charge in [-0.3, -0.25) is 4.79 Å². The SMILES string of the molecule is O=C(c1cc(Br)cc(C(F)(F)F)c1)N1CCC1. The highest BCUT2D eigenvalue weighted by Crippen LogP contribution is 2.32. The average molecular weight is 308 g/mol. The van der Waals surface area contributed by atoms with Gasteiger partial charge >= 0.3 is 6.18 Å². The third-order valence-corrected chi connectivity index (χ3v) is 3.07. The highest BCUT2D eigenvalue weighted by molar-refractivity contribution is 9.10. The molecule has 0 radical (unpaired) electrons. The van der Waals surface area contributed by atoms with Gasteiger partial charge in [-0.1, -0.05) is 15.9 Å². The van der Waals surface area contributed by atoms with Crippen LogP contribution in [-0.2, 0) is 6.18 Å². The van der Waals surface area contributed by atoms with Gasteiger partial charge in [-0.05, 0) is 24.6 Å². The largest absolute Gasteiger partial charge is 0.416 e. The van der Waals surface area contributed by atoms with Gasteiger partial charge in [0.1, 0.15) is 0 Å². The van der Waals surface area contributed by atoms with Crippen molar-refractivity contribution in [1.82, 2.24) is 4.90 Å². The molecule has 0 bridgehead atoms. The highest BCUT2D eigenvalue weighted by Gasteiger charge is 2.32. The number of rotatable bonds is 1. The smallest absolute Gasteiger partial charge is 0.339 e. The number of benzene rings is 1. The quantitative estimate of drug-likeness (QED) is 0.779. The van der Waals surface area contributed by atoms with E-state index in [1.165, 1.54) is 11.0 Å². The van der Waals surface area contributed by atoms with Crippen LogP contribution >= 0.6 is 15.9 Å². The van der Waals surface area contributed by atoms with Crippen LogP contribution in [0.3, 0.4) is 0 Å². The molecule has 0 unspecified atom stereocenters. The molecule has 1 aliphatic rings. The molecule has 1 aromatic rings. The average Bonchev–Trinajstić information content (AvgIpc) is 2.12. The number of amides is 1. The normalized spacial score (nSPS) is 15.6. The third kappa shape index (κ3) is 2.62. The predicted octanol–water partition coefficient (Wildman–Crippen LogP) is 3.31. The second kappa shape index (κ2) is 4.33. The first-order valence-corrected chi connectivity index (χ1v) is 5.84. The lowest BCUT2D eigenvalue weighted by atomic mass is 10.1. The second-order valence-electron chi connectivity index (χ2n) is 3.87. The molecule has 92 valence electrons. The number of carbonyl (C=O) groups excluding carboxylic acids is 1. The van der Waals surface area contributed by atoms with Gasteiger partial charge in [0, 0.05) is 23.1 Å². The molecule has 0 atom stereocenters. The molecular formula is C11H9BrF3NO. The Morgan fingerprint density at radius 3 is 2.35 bits per heavy atom. The number of halogens is 4. The van der Waals surface area contributed by atoms with E-state index >= 15 is 0 Å². The summed E-state index contributed by atoms with van der Waals surface area (Å²) in [5.74, 6) is -0.344. The summed E-state index contributed by atoms with van der Waals surface area (Å²) in [6, 6.07) is 3.27. The molecule has 0 aromatic heterocycles. The van der Waals surface area contributed by atoms with Crippen molar-refractivity contribution >= 4 is 21.8 Å². The number of carbonyl (C=O) groups is 1. The van der Waals surface area contributed by atoms with E-state index in [1.807, 2.05) is 0 Å². The minimum absolute atomic E-state index is 0.0754. The standard InChI is InChI=1S/C11H9BrF3NO/c12-9-5-7(10(17)16-2-1-3-16)4-8(6-9)11(13,14)15/h4-6H,1-3H2. The van der Waals surface area contributed by atoms with Crippen LogP contribution in [0.2, 0.25) is 0 Å². The Balaban J connectivity index is 2.34. The van der Waals surface area contributed by atoms with Crippen molar-refractivity contribution in [3.05, 3.63) is 33.8 Å². The maximum absolute atomic E-state index is 12.6. The van der Waals surface area contributed by atoms with E-state index in [4.69, 9.17) is 0 Å². The van der Waals surface area contributed by atoms with Crippen molar-refractivity contribution in [2.45, 2.75) is 12.6 Å². The van der Waals surface area contributed by atoms with Crippen molar-refractivity contribution in [2.75, 3.05) is 13.1 Å². The van der Waals surface area contributed by atoms with Crippen LogP contribution in [0.5, 0.6) is 0 Å². The lowest BCUT2D eigenvalue weighted by Gasteiger charge is -2.31. The molecule has 0 aliphatic carbocycles. The van der Waals surface area contributed by atoms with Gasteiger partial charge in [0.25, 0.3) is 5.91 Å². The number of likely N-dealkylation sites (tertiary alicyclic amines) is 1. The lowest BCUT2D eigenvalue weighted by Crippen LogP contribution is -2.42. The molecule has 2 rings (SSSR count). The van der Waals surface area contributed by atoms with Crippen molar-refractivity contribution in [1.29, 1.82) is 0 Å². The number of alkyl halides is 3. The van der Waals surface area contributed by atoms with E-state index in [0.717, 1.165) is 18.6 Å². The molecule has 6 heteroatoms. The van der Waals surface area contributed by atoms with Gasteiger partial charge in [0.05, 0.1) is 5.56 Å². The van der Waals surface area contributed by atoms with Gasteiger partial charge < -0.3 is 4.90 Å². The Morgan fingerprint density at radius 1 is 1.24 bits per heavy atom. The monoisotopic (exact) mass is 307 g/mol. The van der Waals surface area contributed by atoms with Gasteiger partial charge in [0.2, 0.25) is 0 Å².